The maximum absolute atomic E-state index is 12.0. The summed E-state index contributed by atoms with van der Waals surface area (Å²) in [7, 11) is 0. The van der Waals surface area contributed by atoms with Crippen LogP contribution < -0.4 is 5.32 Å². The van der Waals surface area contributed by atoms with E-state index in [0.29, 0.717) is 18.1 Å². The first kappa shape index (κ1) is 23.0. The van der Waals surface area contributed by atoms with E-state index in [1.807, 2.05) is 60.5 Å². The van der Waals surface area contributed by atoms with Crippen LogP contribution in [0.1, 0.15) is 81.0 Å². The molecule has 3 aromatic rings. The van der Waals surface area contributed by atoms with Gasteiger partial charge < -0.3 is 10.1 Å². The summed E-state index contributed by atoms with van der Waals surface area (Å²) >= 11 is 0. The Kier molecular flexibility index (Phi) is 6.82. The van der Waals surface area contributed by atoms with Gasteiger partial charge in [0.15, 0.2) is 0 Å². The summed E-state index contributed by atoms with van der Waals surface area (Å²) < 4.78 is 7.09. The van der Waals surface area contributed by atoms with Gasteiger partial charge in [-0.15, -0.1) is 0 Å². The summed E-state index contributed by atoms with van der Waals surface area (Å²) in [6.07, 6.45) is 10.7. The normalized spacial score (nSPS) is 15.4. The zero-order valence-electron chi connectivity index (χ0n) is 20.0. The predicted molar refractivity (Wildman–Crippen MR) is 131 cm³/mol. The number of rotatable bonds is 7. The van der Waals surface area contributed by atoms with Crippen LogP contribution in [0, 0.1) is 5.92 Å². The molecule has 1 aliphatic rings. The lowest BCUT2D eigenvalue weighted by molar-refractivity contribution is 0.0526. The molecule has 6 nitrogen and oxygen atoms in total. The molecule has 0 amide bonds. The minimum Gasteiger partial charge on any atom is -0.462 e. The van der Waals surface area contributed by atoms with E-state index in [9.17, 15) is 4.79 Å². The minimum absolute atomic E-state index is 0.00404. The van der Waals surface area contributed by atoms with Crippen molar-refractivity contribution in [1.29, 1.82) is 0 Å². The Morgan fingerprint density at radius 2 is 1.85 bits per heavy atom. The number of nitrogens with zero attached hydrogens (tertiary/aromatic N) is 3. The number of carbonyl (C=O) groups is 1. The summed E-state index contributed by atoms with van der Waals surface area (Å²) in [6, 6.07) is 12.1. The number of esters is 1. The standard InChI is InChI=1S/C27H34N4O2/c1-5-33-26(32)21-12-10-20(11-13-21)25(19-8-6-7-9-19)30-22-14-15-24(28-16-22)31-17-23(29-18-31)27(2,3)4/h10-19,25,30H,5-9H2,1-4H3. The first-order valence-electron chi connectivity index (χ1n) is 11.9. The zero-order chi connectivity index (χ0) is 23.4. The van der Waals surface area contributed by atoms with Gasteiger partial charge in [0.1, 0.15) is 12.1 Å². The highest BCUT2D eigenvalue weighted by Crippen LogP contribution is 2.38. The topological polar surface area (TPSA) is 69.0 Å². The van der Waals surface area contributed by atoms with Gasteiger partial charge in [0.25, 0.3) is 0 Å². The lowest BCUT2D eigenvalue weighted by Crippen LogP contribution is -2.19. The molecule has 0 saturated heterocycles. The third kappa shape index (κ3) is 5.44. The fourth-order valence-corrected chi connectivity index (χ4v) is 4.44. The maximum atomic E-state index is 12.0. The van der Waals surface area contributed by atoms with Crippen LogP contribution in [-0.2, 0) is 10.2 Å². The van der Waals surface area contributed by atoms with Crippen LogP contribution in [0.5, 0.6) is 0 Å². The van der Waals surface area contributed by atoms with Crippen LogP contribution in [0.2, 0.25) is 0 Å². The molecule has 1 N–H and O–H groups in total. The van der Waals surface area contributed by atoms with E-state index in [2.05, 4.69) is 42.1 Å². The number of imidazole rings is 1. The summed E-state index contributed by atoms with van der Waals surface area (Å²) in [4.78, 5) is 21.2. The summed E-state index contributed by atoms with van der Waals surface area (Å²) in [5, 5.41) is 3.72. The maximum Gasteiger partial charge on any atom is 0.338 e. The molecule has 6 heteroatoms. The van der Waals surface area contributed by atoms with Crippen molar-refractivity contribution < 1.29 is 9.53 Å². The first-order valence-corrected chi connectivity index (χ1v) is 11.9. The molecular weight excluding hydrogens is 412 g/mol. The molecule has 0 bridgehead atoms. The second kappa shape index (κ2) is 9.77. The predicted octanol–water partition coefficient (Wildman–Crippen LogP) is 6.08. The monoisotopic (exact) mass is 446 g/mol. The highest BCUT2D eigenvalue weighted by atomic mass is 16.5. The molecule has 1 atom stereocenters. The van der Waals surface area contributed by atoms with Crippen LogP contribution in [0.4, 0.5) is 5.69 Å². The van der Waals surface area contributed by atoms with Gasteiger partial charge in [0.05, 0.1) is 35.8 Å². The van der Waals surface area contributed by atoms with E-state index in [4.69, 9.17) is 4.74 Å². The van der Waals surface area contributed by atoms with Gasteiger partial charge in [-0.2, -0.15) is 0 Å². The van der Waals surface area contributed by atoms with Crippen molar-refractivity contribution in [2.45, 2.75) is 64.8 Å². The van der Waals surface area contributed by atoms with Gasteiger partial charge >= 0.3 is 5.97 Å². The molecule has 0 spiro atoms. The van der Waals surface area contributed by atoms with Crippen LogP contribution >= 0.6 is 0 Å². The Hall–Kier alpha value is -3.15. The summed E-state index contributed by atoms with van der Waals surface area (Å²) in [5.41, 5.74) is 3.81. The highest BCUT2D eigenvalue weighted by molar-refractivity contribution is 5.89. The van der Waals surface area contributed by atoms with Crippen LogP contribution in [0.15, 0.2) is 55.1 Å². The van der Waals surface area contributed by atoms with Crippen molar-refractivity contribution in [2.75, 3.05) is 11.9 Å². The number of hydrogen-bond acceptors (Lipinski definition) is 5. The number of benzene rings is 1. The molecule has 4 rings (SSSR count). The Balaban J connectivity index is 1.52. The molecular formula is C27H34N4O2. The fraction of sp³-hybridized carbons (Fsp3) is 0.444. The Labute approximate surface area is 196 Å². The molecule has 1 unspecified atom stereocenters. The molecule has 0 aliphatic heterocycles. The molecule has 33 heavy (non-hydrogen) atoms. The molecule has 1 saturated carbocycles. The van der Waals surface area contributed by atoms with Gasteiger partial charge in [-0.25, -0.2) is 14.8 Å². The van der Waals surface area contributed by atoms with Crippen LogP contribution in [0.25, 0.3) is 5.82 Å². The minimum atomic E-state index is -0.275. The SMILES string of the molecule is CCOC(=O)c1ccc(C(Nc2ccc(-n3cnc(C(C)(C)C)c3)nc2)C2CCCC2)cc1. The highest BCUT2D eigenvalue weighted by Gasteiger charge is 2.27. The summed E-state index contributed by atoms with van der Waals surface area (Å²) in [5.74, 6) is 1.13. The third-order valence-corrected chi connectivity index (χ3v) is 6.34. The number of aromatic nitrogens is 3. The van der Waals surface area contributed by atoms with Crippen molar-refractivity contribution >= 4 is 11.7 Å². The van der Waals surface area contributed by atoms with E-state index < -0.39 is 0 Å². The van der Waals surface area contributed by atoms with Crippen LogP contribution in [0.3, 0.4) is 0 Å². The molecule has 2 heterocycles. The Morgan fingerprint density at radius 1 is 1.12 bits per heavy atom. The fourth-order valence-electron chi connectivity index (χ4n) is 4.44. The van der Waals surface area contributed by atoms with Crippen molar-refractivity contribution in [3.05, 3.63) is 71.9 Å². The number of carbonyl (C=O) groups excluding carboxylic acids is 1. The lowest BCUT2D eigenvalue weighted by atomic mass is 9.91. The second-order valence-corrected chi connectivity index (χ2v) is 9.83. The van der Waals surface area contributed by atoms with Crippen molar-refractivity contribution in [1.82, 2.24) is 14.5 Å². The molecule has 2 aromatic heterocycles. The number of anilines is 1. The number of hydrogen-bond donors (Lipinski definition) is 1. The van der Waals surface area contributed by atoms with Crippen molar-refractivity contribution in [3.63, 3.8) is 0 Å². The van der Waals surface area contributed by atoms with Gasteiger partial charge in [0, 0.05) is 11.6 Å². The number of nitrogens with one attached hydrogen (secondary N) is 1. The smallest absolute Gasteiger partial charge is 0.338 e. The van der Waals surface area contributed by atoms with Crippen molar-refractivity contribution in [2.24, 2.45) is 5.92 Å². The average molecular weight is 447 g/mol. The van der Waals surface area contributed by atoms with Crippen LogP contribution in [-0.4, -0.2) is 27.1 Å². The molecule has 1 aliphatic carbocycles. The largest absolute Gasteiger partial charge is 0.462 e. The Bertz CT molecular complexity index is 1060. The van der Waals surface area contributed by atoms with E-state index in [0.717, 1.165) is 17.2 Å². The molecule has 1 fully saturated rings. The van der Waals surface area contributed by atoms with E-state index in [1.165, 1.54) is 31.2 Å². The lowest BCUT2D eigenvalue weighted by Gasteiger charge is -2.26. The van der Waals surface area contributed by atoms with Gasteiger partial charge in [-0.3, -0.25) is 4.57 Å². The number of pyridine rings is 1. The second-order valence-electron chi connectivity index (χ2n) is 9.83. The quantitative estimate of drug-likeness (QED) is 0.445. The van der Waals surface area contributed by atoms with E-state index >= 15 is 0 Å². The van der Waals surface area contributed by atoms with Gasteiger partial charge in [-0.1, -0.05) is 45.7 Å². The first-order chi connectivity index (χ1) is 15.8. The third-order valence-electron chi connectivity index (χ3n) is 6.34. The zero-order valence-corrected chi connectivity index (χ0v) is 20.0. The molecule has 1 aromatic carbocycles. The number of ether oxygens (including phenoxy) is 1. The molecule has 0 radical (unpaired) electrons. The van der Waals surface area contributed by atoms with E-state index in [1.54, 1.807) is 0 Å². The average Bonchev–Trinajstić information content (AvgIpc) is 3.51. The van der Waals surface area contributed by atoms with Crippen molar-refractivity contribution in [3.8, 4) is 5.82 Å². The Morgan fingerprint density at radius 3 is 2.42 bits per heavy atom. The van der Waals surface area contributed by atoms with Gasteiger partial charge in [0.2, 0.25) is 0 Å². The summed E-state index contributed by atoms with van der Waals surface area (Å²) in [6.45, 7) is 8.67. The van der Waals surface area contributed by atoms with Gasteiger partial charge in [-0.05, 0) is 55.5 Å². The molecule has 174 valence electrons. The van der Waals surface area contributed by atoms with E-state index in [-0.39, 0.29) is 17.4 Å².